The highest BCUT2D eigenvalue weighted by Gasteiger charge is 2.30. The zero-order chi connectivity index (χ0) is 24.4. The van der Waals surface area contributed by atoms with Crippen LogP contribution in [0.5, 0.6) is 17.2 Å². The lowest BCUT2D eigenvalue weighted by Crippen LogP contribution is -2.22. The van der Waals surface area contributed by atoms with Gasteiger partial charge in [0.1, 0.15) is 12.4 Å². The fourth-order valence-electron chi connectivity index (χ4n) is 4.30. The molecule has 0 bridgehead atoms. The number of carbonyl (C=O) groups excluding carboxylic acids is 1. The number of methoxy groups -OCH3 is 2. The van der Waals surface area contributed by atoms with Crippen molar-refractivity contribution in [2.75, 3.05) is 19.5 Å². The minimum Gasteiger partial charge on any atom is -0.493 e. The number of hydrogen-bond acceptors (Lipinski definition) is 5. The Balaban J connectivity index is 1.39. The molecular formula is C28H24ClNO4S. The summed E-state index contributed by atoms with van der Waals surface area (Å²) in [6, 6.07) is 21.4. The average Bonchev–Trinajstić information content (AvgIpc) is 3.30. The third-order valence-electron chi connectivity index (χ3n) is 6.06. The summed E-state index contributed by atoms with van der Waals surface area (Å²) in [6.07, 6.45) is 0.404. The molecule has 0 fully saturated rings. The highest BCUT2D eigenvalue weighted by Crippen LogP contribution is 2.47. The van der Waals surface area contributed by atoms with Crippen LogP contribution in [-0.2, 0) is 11.4 Å². The molecule has 35 heavy (non-hydrogen) atoms. The summed E-state index contributed by atoms with van der Waals surface area (Å²) in [6.45, 7) is 0.440. The zero-order valence-electron chi connectivity index (χ0n) is 19.3. The largest absolute Gasteiger partial charge is 0.493 e. The normalized spacial score (nSPS) is 14.7. The lowest BCUT2D eigenvalue weighted by molar-refractivity contribution is -0.116. The summed E-state index contributed by atoms with van der Waals surface area (Å²) < 4.78 is 16.8. The predicted octanol–water partition coefficient (Wildman–Crippen LogP) is 7.14. The van der Waals surface area contributed by atoms with E-state index in [-0.39, 0.29) is 11.8 Å². The first kappa shape index (κ1) is 23.3. The Morgan fingerprint density at radius 1 is 1.00 bits per heavy atom. The molecule has 2 heterocycles. The lowest BCUT2D eigenvalue weighted by Gasteiger charge is -2.24. The van der Waals surface area contributed by atoms with Crippen LogP contribution in [0.2, 0.25) is 5.02 Å². The first-order valence-electron chi connectivity index (χ1n) is 11.2. The van der Waals surface area contributed by atoms with Gasteiger partial charge in [0.05, 0.1) is 19.9 Å². The van der Waals surface area contributed by atoms with Gasteiger partial charge in [-0.05, 0) is 53.1 Å². The van der Waals surface area contributed by atoms with Gasteiger partial charge < -0.3 is 19.5 Å². The Bertz CT molecular complexity index is 1370. The minimum absolute atomic E-state index is 0.00362. The third kappa shape index (κ3) is 4.85. The first-order valence-corrected chi connectivity index (χ1v) is 12.4. The van der Waals surface area contributed by atoms with Crippen LogP contribution < -0.4 is 19.5 Å². The van der Waals surface area contributed by atoms with Crippen molar-refractivity contribution in [2.24, 2.45) is 0 Å². The molecule has 1 aromatic heterocycles. The highest BCUT2D eigenvalue weighted by atomic mass is 35.5. The smallest absolute Gasteiger partial charge is 0.225 e. The van der Waals surface area contributed by atoms with Crippen molar-refractivity contribution in [2.45, 2.75) is 18.9 Å². The third-order valence-corrected chi connectivity index (χ3v) is 7.39. The van der Waals surface area contributed by atoms with E-state index in [1.54, 1.807) is 25.6 Å². The Kier molecular flexibility index (Phi) is 6.66. The molecule has 178 valence electrons. The van der Waals surface area contributed by atoms with Gasteiger partial charge in [0.15, 0.2) is 11.5 Å². The van der Waals surface area contributed by atoms with Crippen molar-refractivity contribution in [1.82, 2.24) is 0 Å². The van der Waals surface area contributed by atoms with Crippen molar-refractivity contribution in [3.63, 3.8) is 0 Å². The van der Waals surface area contributed by atoms with Crippen LogP contribution in [0.4, 0.5) is 5.69 Å². The summed E-state index contributed by atoms with van der Waals surface area (Å²) in [4.78, 5) is 13.8. The summed E-state index contributed by atoms with van der Waals surface area (Å²) in [5, 5.41) is 5.87. The Morgan fingerprint density at radius 3 is 2.54 bits per heavy atom. The molecule has 0 spiro atoms. The SMILES string of the molecule is COc1ccc(-c2csc3c2NC(=O)CC3c2ccc(OCc3cccc(Cl)c3)cc2)cc1OC. The van der Waals surface area contributed by atoms with E-state index in [0.717, 1.165) is 38.6 Å². The standard InChI is InChI=1S/C28H24ClNO4S/c1-32-24-11-8-19(13-25(24)33-2)23-16-35-28-22(14-26(31)30-27(23)28)18-6-9-21(10-7-18)34-15-17-4-3-5-20(29)12-17/h3-13,16,22H,14-15H2,1-2H3,(H,30,31). The van der Waals surface area contributed by atoms with Crippen molar-refractivity contribution >= 4 is 34.5 Å². The second kappa shape index (κ2) is 10.0. The number of hydrogen-bond donors (Lipinski definition) is 1. The number of carbonyl (C=O) groups is 1. The van der Waals surface area contributed by atoms with Gasteiger partial charge in [-0.25, -0.2) is 0 Å². The molecule has 0 radical (unpaired) electrons. The molecule has 5 nitrogen and oxygen atoms in total. The van der Waals surface area contributed by atoms with Gasteiger partial charge in [-0.1, -0.05) is 41.9 Å². The average molecular weight is 506 g/mol. The monoisotopic (exact) mass is 505 g/mol. The summed E-state index contributed by atoms with van der Waals surface area (Å²) in [5.74, 6) is 2.08. The van der Waals surface area contributed by atoms with Crippen LogP contribution in [0.15, 0.2) is 72.1 Å². The summed E-state index contributed by atoms with van der Waals surface area (Å²) >= 11 is 7.71. The molecule has 1 atom stereocenters. The maximum absolute atomic E-state index is 12.7. The van der Waals surface area contributed by atoms with Gasteiger partial charge in [-0.15, -0.1) is 11.3 Å². The molecule has 5 rings (SSSR count). The number of benzene rings is 3. The van der Waals surface area contributed by atoms with Crippen molar-refractivity contribution in [3.8, 4) is 28.4 Å². The van der Waals surface area contributed by atoms with Crippen LogP contribution in [0, 0.1) is 0 Å². The van der Waals surface area contributed by atoms with E-state index in [0.29, 0.717) is 29.5 Å². The van der Waals surface area contributed by atoms with Crippen LogP contribution in [-0.4, -0.2) is 20.1 Å². The van der Waals surface area contributed by atoms with Crippen molar-refractivity contribution in [3.05, 3.63) is 93.1 Å². The second-order valence-corrected chi connectivity index (χ2v) is 9.60. The van der Waals surface area contributed by atoms with Gasteiger partial charge >= 0.3 is 0 Å². The number of nitrogens with one attached hydrogen (secondary N) is 1. The Morgan fingerprint density at radius 2 is 1.80 bits per heavy atom. The Hall–Kier alpha value is -3.48. The molecule has 0 saturated carbocycles. The summed E-state index contributed by atoms with van der Waals surface area (Å²) in [7, 11) is 3.23. The number of fused-ring (bicyclic) bond motifs is 1. The number of thiophene rings is 1. The van der Waals surface area contributed by atoms with Crippen LogP contribution in [0.3, 0.4) is 0 Å². The maximum Gasteiger partial charge on any atom is 0.225 e. The van der Waals surface area contributed by atoms with E-state index < -0.39 is 0 Å². The van der Waals surface area contributed by atoms with E-state index in [1.165, 1.54) is 0 Å². The molecule has 3 aromatic carbocycles. The lowest BCUT2D eigenvalue weighted by atomic mass is 9.89. The molecule has 4 aromatic rings. The van der Waals surface area contributed by atoms with Gasteiger partial charge in [0.2, 0.25) is 5.91 Å². The van der Waals surface area contributed by atoms with Crippen LogP contribution in [0.25, 0.3) is 11.1 Å². The minimum atomic E-state index is -0.0142. The second-order valence-electron chi connectivity index (χ2n) is 8.25. The zero-order valence-corrected chi connectivity index (χ0v) is 20.9. The molecule has 1 amide bonds. The quantitative estimate of drug-likeness (QED) is 0.290. The van der Waals surface area contributed by atoms with E-state index in [2.05, 4.69) is 10.7 Å². The van der Waals surface area contributed by atoms with Crippen LogP contribution >= 0.6 is 22.9 Å². The maximum atomic E-state index is 12.7. The fraction of sp³-hybridized carbons (Fsp3) is 0.179. The summed E-state index contributed by atoms with van der Waals surface area (Å²) in [5.41, 5.74) is 4.90. The molecule has 1 unspecified atom stereocenters. The topological polar surface area (TPSA) is 56.8 Å². The molecular weight excluding hydrogens is 482 g/mol. The van der Waals surface area contributed by atoms with E-state index in [9.17, 15) is 4.79 Å². The molecule has 1 aliphatic rings. The molecule has 0 saturated heterocycles. The van der Waals surface area contributed by atoms with Crippen molar-refractivity contribution < 1.29 is 19.0 Å². The van der Waals surface area contributed by atoms with E-state index in [4.69, 9.17) is 25.8 Å². The number of rotatable bonds is 7. The predicted molar refractivity (Wildman–Crippen MR) is 140 cm³/mol. The van der Waals surface area contributed by atoms with E-state index >= 15 is 0 Å². The van der Waals surface area contributed by atoms with E-state index in [1.807, 2.05) is 66.7 Å². The number of halogens is 1. The highest BCUT2D eigenvalue weighted by molar-refractivity contribution is 7.11. The van der Waals surface area contributed by atoms with Crippen LogP contribution in [0.1, 0.15) is 28.3 Å². The number of anilines is 1. The first-order chi connectivity index (χ1) is 17.1. The fourth-order valence-corrected chi connectivity index (χ4v) is 5.68. The number of ether oxygens (including phenoxy) is 3. The van der Waals surface area contributed by atoms with Gasteiger partial charge in [0.25, 0.3) is 0 Å². The number of amides is 1. The van der Waals surface area contributed by atoms with Gasteiger partial charge in [-0.2, -0.15) is 0 Å². The van der Waals surface area contributed by atoms with Crippen molar-refractivity contribution in [1.29, 1.82) is 0 Å². The Labute approximate surface area is 213 Å². The molecule has 1 aliphatic heterocycles. The van der Waals surface area contributed by atoms with Gasteiger partial charge in [-0.3, -0.25) is 4.79 Å². The molecule has 0 aliphatic carbocycles. The molecule has 7 heteroatoms. The molecule has 1 N–H and O–H groups in total. The van der Waals surface area contributed by atoms with Gasteiger partial charge in [0, 0.05) is 33.2 Å².